The minimum Gasteiger partial charge on any atom is -0.369 e. The molecule has 3 aromatic rings. The lowest BCUT2D eigenvalue weighted by molar-refractivity contribution is 0.0951. The lowest BCUT2D eigenvalue weighted by Gasteiger charge is -2.15. The first-order valence-corrected chi connectivity index (χ1v) is 10.5. The van der Waals surface area contributed by atoms with Crippen molar-refractivity contribution in [3.05, 3.63) is 83.2 Å². The highest BCUT2D eigenvalue weighted by atomic mass is 19.1. The fourth-order valence-electron chi connectivity index (χ4n) is 3.19. The fourth-order valence-corrected chi connectivity index (χ4v) is 3.19. The van der Waals surface area contributed by atoms with E-state index in [1.54, 1.807) is 30.3 Å². The zero-order chi connectivity index (χ0) is 22.9. The summed E-state index contributed by atoms with van der Waals surface area (Å²) < 4.78 is 13.5. The zero-order valence-electron chi connectivity index (χ0n) is 18.2. The molecule has 6 nitrogen and oxygen atoms in total. The summed E-state index contributed by atoms with van der Waals surface area (Å²) in [5.41, 5.74) is 3.04. The van der Waals surface area contributed by atoms with Crippen LogP contribution < -0.4 is 16.0 Å². The summed E-state index contributed by atoms with van der Waals surface area (Å²) in [5.74, 6) is -0.108. The molecule has 0 saturated heterocycles. The first kappa shape index (κ1) is 22.9. The topological polar surface area (TPSA) is 89.8 Å². The maximum Gasteiger partial charge on any atom is 0.255 e. The Balaban J connectivity index is 1.86. The quantitative estimate of drug-likeness (QED) is 0.480. The average Bonchev–Trinajstić information content (AvgIpc) is 2.82. The van der Waals surface area contributed by atoms with E-state index >= 15 is 0 Å². The standard InChI is InChI=1S/C25H26FN5O/c1-17(28-2)16-30-25(32)22-10-11-23(21-9-4-3-7-19(21)15-27)31-24(22)29-13-12-18-6-5-8-20(26)14-18/h3-11,14,17,28H,12-13,16H2,1-2H3,(H,29,31)(H,30,32)/t17-/m0/s1. The van der Waals surface area contributed by atoms with Crippen LogP contribution in [-0.4, -0.2) is 37.1 Å². The number of nitrogens with one attached hydrogen (secondary N) is 3. The van der Waals surface area contributed by atoms with Crippen molar-refractivity contribution in [2.24, 2.45) is 0 Å². The summed E-state index contributed by atoms with van der Waals surface area (Å²) in [6.07, 6.45) is 0.566. The molecule has 1 amide bonds. The maximum atomic E-state index is 13.5. The molecule has 0 unspecified atom stereocenters. The molecule has 0 aliphatic heterocycles. The van der Waals surface area contributed by atoms with Gasteiger partial charge in [-0.05, 0) is 56.3 Å². The maximum absolute atomic E-state index is 13.5. The summed E-state index contributed by atoms with van der Waals surface area (Å²) in [6, 6.07) is 19.4. The van der Waals surface area contributed by atoms with Crippen LogP contribution in [0.1, 0.15) is 28.4 Å². The van der Waals surface area contributed by atoms with Gasteiger partial charge in [-0.25, -0.2) is 9.37 Å². The average molecular weight is 432 g/mol. The number of aromatic nitrogens is 1. The Morgan fingerprint density at radius 2 is 1.97 bits per heavy atom. The molecule has 1 heterocycles. The van der Waals surface area contributed by atoms with E-state index in [2.05, 4.69) is 27.0 Å². The Labute approximate surface area is 187 Å². The van der Waals surface area contributed by atoms with Gasteiger partial charge in [-0.3, -0.25) is 4.79 Å². The third kappa shape index (κ3) is 5.90. The third-order valence-electron chi connectivity index (χ3n) is 5.12. The number of rotatable bonds is 9. The smallest absolute Gasteiger partial charge is 0.255 e. The number of likely N-dealkylation sites (N-methyl/N-ethyl adjacent to an activating group) is 1. The van der Waals surface area contributed by atoms with Crippen molar-refractivity contribution in [2.45, 2.75) is 19.4 Å². The predicted molar refractivity (Wildman–Crippen MR) is 124 cm³/mol. The number of amides is 1. The van der Waals surface area contributed by atoms with Gasteiger partial charge in [0.1, 0.15) is 11.6 Å². The van der Waals surface area contributed by atoms with Crippen LogP contribution in [0.4, 0.5) is 10.2 Å². The number of pyridine rings is 1. The van der Waals surface area contributed by atoms with E-state index in [0.717, 1.165) is 5.56 Å². The number of hydrogen-bond donors (Lipinski definition) is 3. The van der Waals surface area contributed by atoms with E-state index < -0.39 is 0 Å². The van der Waals surface area contributed by atoms with Crippen molar-refractivity contribution in [1.82, 2.24) is 15.6 Å². The zero-order valence-corrected chi connectivity index (χ0v) is 18.2. The number of nitriles is 1. The fraction of sp³-hybridized carbons (Fsp3) is 0.240. The summed E-state index contributed by atoms with van der Waals surface area (Å²) >= 11 is 0. The molecule has 0 radical (unpaired) electrons. The molecule has 3 rings (SSSR count). The summed E-state index contributed by atoms with van der Waals surface area (Å²) in [5, 5.41) is 18.6. The van der Waals surface area contributed by atoms with Gasteiger partial charge in [0.2, 0.25) is 0 Å². The van der Waals surface area contributed by atoms with E-state index in [0.29, 0.717) is 47.7 Å². The van der Waals surface area contributed by atoms with Crippen LogP contribution in [-0.2, 0) is 6.42 Å². The minimum atomic E-state index is -0.283. The van der Waals surface area contributed by atoms with Gasteiger partial charge in [0.05, 0.1) is 22.9 Å². The molecule has 0 saturated carbocycles. The number of halogens is 1. The molecule has 7 heteroatoms. The molecule has 1 atom stereocenters. The predicted octanol–water partition coefficient (Wildman–Crippen LogP) is 3.75. The van der Waals surface area contributed by atoms with Gasteiger partial charge in [-0.1, -0.05) is 30.3 Å². The Hall–Kier alpha value is -3.76. The van der Waals surface area contributed by atoms with Crippen molar-refractivity contribution in [1.29, 1.82) is 5.26 Å². The Bertz CT molecular complexity index is 1130. The van der Waals surface area contributed by atoms with E-state index in [4.69, 9.17) is 0 Å². The lowest BCUT2D eigenvalue weighted by atomic mass is 10.0. The normalized spacial score (nSPS) is 11.4. The van der Waals surface area contributed by atoms with Crippen LogP contribution in [0.2, 0.25) is 0 Å². The Morgan fingerprint density at radius 3 is 2.72 bits per heavy atom. The van der Waals surface area contributed by atoms with Crippen LogP contribution in [0.3, 0.4) is 0 Å². The van der Waals surface area contributed by atoms with Gasteiger partial charge < -0.3 is 16.0 Å². The summed E-state index contributed by atoms with van der Waals surface area (Å²) in [6.45, 7) is 2.91. The van der Waals surface area contributed by atoms with Crippen molar-refractivity contribution < 1.29 is 9.18 Å². The highest BCUT2D eigenvalue weighted by Gasteiger charge is 2.16. The molecule has 3 N–H and O–H groups in total. The van der Waals surface area contributed by atoms with Gasteiger partial charge in [0, 0.05) is 24.7 Å². The first-order chi connectivity index (χ1) is 15.5. The molecule has 32 heavy (non-hydrogen) atoms. The van der Waals surface area contributed by atoms with E-state index in [1.165, 1.54) is 12.1 Å². The molecule has 0 aliphatic rings. The van der Waals surface area contributed by atoms with Crippen LogP contribution >= 0.6 is 0 Å². The number of carbonyl (C=O) groups excluding carboxylic acids is 1. The monoisotopic (exact) mass is 431 g/mol. The van der Waals surface area contributed by atoms with E-state index in [1.807, 2.05) is 32.2 Å². The molecular formula is C25H26FN5O. The number of anilines is 1. The second-order valence-corrected chi connectivity index (χ2v) is 7.46. The number of carbonyl (C=O) groups is 1. The summed E-state index contributed by atoms with van der Waals surface area (Å²) in [7, 11) is 1.83. The SMILES string of the molecule is CN[C@@H](C)CNC(=O)c1ccc(-c2ccccc2C#N)nc1NCCc1cccc(F)c1. The number of hydrogen-bond acceptors (Lipinski definition) is 5. The van der Waals surface area contributed by atoms with Crippen molar-refractivity contribution in [3.8, 4) is 17.3 Å². The highest BCUT2D eigenvalue weighted by molar-refractivity contribution is 5.99. The molecule has 0 aliphatic carbocycles. The van der Waals surface area contributed by atoms with Gasteiger partial charge in [-0.2, -0.15) is 5.26 Å². The lowest BCUT2D eigenvalue weighted by Crippen LogP contribution is -2.37. The molecule has 1 aromatic heterocycles. The molecule has 2 aromatic carbocycles. The van der Waals surface area contributed by atoms with Gasteiger partial charge in [0.25, 0.3) is 5.91 Å². The Kier molecular flexibility index (Phi) is 7.90. The largest absolute Gasteiger partial charge is 0.369 e. The Morgan fingerprint density at radius 1 is 1.16 bits per heavy atom. The first-order valence-electron chi connectivity index (χ1n) is 10.5. The second kappa shape index (κ2) is 11.0. The molecule has 0 spiro atoms. The van der Waals surface area contributed by atoms with E-state index in [-0.39, 0.29) is 17.8 Å². The number of benzene rings is 2. The summed E-state index contributed by atoms with van der Waals surface area (Å²) in [4.78, 5) is 17.5. The van der Waals surface area contributed by atoms with Gasteiger partial charge >= 0.3 is 0 Å². The van der Waals surface area contributed by atoms with Crippen molar-refractivity contribution >= 4 is 11.7 Å². The van der Waals surface area contributed by atoms with Crippen LogP contribution in [0.15, 0.2) is 60.7 Å². The van der Waals surface area contributed by atoms with Gasteiger partial charge in [-0.15, -0.1) is 0 Å². The van der Waals surface area contributed by atoms with Crippen molar-refractivity contribution in [3.63, 3.8) is 0 Å². The van der Waals surface area contributed by atoms with Crippen LogP contribution in [0.25, 0.3) is 11.3 Å². The van der Waals surface area contributed by atoms with Crippen LogP contribution in [0.5, 0.6) is 0 Å². The molecule has 164 valence electrons. The number of nitrogens with zero attached hydrogens (tertiary/aromatic N) is 2. The second-order valence-electron chi connectivity index (χ2n) is 7.46. The molecular weight excluding hydrogens is 405 g/mol. The van der Waals surface area contributed by atoms with Gasteiger partial charge in [0.15, 0.2) is 0 Å². The van der Waals surface area contributed by atoms with E-state index in [9.17, 15) is 14.4 Å². The minimum absolute atomic E-state index is 0.123. The molecule has 0 bridgehead atoms. The highest BCUT2D eigenvalue weighted by Crippen LogP contribution is 2.25. The third-order valence-corrected chi connectivity index (χ3v) is 5.12. The van der Waals surface area contributed by atoms with Crippen molar-refractivity contribution in [2.75, 3.05) is 25.5 Å². The van der Waals surface area contributed by atoms with Crippen LogP contribution in [0, 0.1) is 17.1 Å². The molecule has 0 fully saturated rings.